The summed E-state index contributed by atoms with van der Waals surface area (Å²) in [6, 6.07) is 0.299. The summed E-state index contributed by atoms with van der Waals surface area (Å²) in [5.41, 5.74) is 3.55. The van der Waals surface area contributed by atoms with Crippen molar-refractivity contribution >= 4 is 5.91 Å². The standard InChI is InChI=1S/C25H34N2O/c1-5-9-10-12-21(7-3)15-18-26-19-16-23(17-20-26)27-24(8-4)22(11-6-2)13-14-25(27)28/h5-12,23H,1-3,13-20H2,4H3/b10-9-,21-12+,22-11-,24-8+. The van der Waals surface area contributed by atoms with Gasteiger partial charge in [0.2, 0.25) is 5.91 Å². The molecule has 2 heterocycles. The minimum Gasteiger partial charge on any atom is -0.309 e. The Kier molecular flexibility index (Phi) is 8.96. The van der Waals surface area contributed by atoms with Gasteiger partial charge in [0.05, 0.1) is 0 Å². The average Bonchev–Trinajstić information content (AvgIpc) is 2.72. The Labute approximate surface area is 170 Å². The Morgan fingerprint density at radius 3 is 2.46 bits per heavy atom. The van der Waals surface area contributed by atoms with E-state index in [1.165, 1.54) is 11.1 Å². The summed E-state index contributed by atoms with van der Waals surface area (Å²) < 4.78 is 0. The maximum absolute atomic E-state index is 12.7. The molecular formula is C25H34N2O. The van der Waals surface area contributed by atoms with Gasteiger partial charge in [-0.2, -0.15) is 0 Å². The molecule has 0 bridgehead atoms. The van der Waals surface area contributed by atoms with Crippen LogP contribution in [0.1, 0.15) is 39.0 Å². The zero-order chi connectivity index (χ0) is 20.4. The van der Waals surface area contributed by atoms with Gasteiger partial charge < -0.3 is 9.80 Å². The first-order valence-corrected chi connectivity index (χ1v) is 10.3. The first kappa shape index (κ1) is 21.9. The third-order valence-corrected chi connectivity index (χ3v) is 5.52. The number of amides is 1. The Morgan fingerprint density at radius 2 is 1.86 bits per heavy atom. The van der Waals surface area contributed by atoms with E-state index in [0.29, 0.717) is 12.5 Å². The van der Waals surface area contributed by atoms with Gasteiger partial charge in [-0.1, -0.05) is 68.3 Å². The zero-order valence-electron chi connectivity index (χ0n) is 17.3. The van der Waals surface area contributed by atoms with Crippen molar-refractivity contribution in [3.8, 4) is 0 Å². The van der Waals surface area contributed by atoms with E-state index in [0.717, 1.165) is 51.0 Å². The summed E-state index contributed by atoms with van der Waals surface area (Å²) in [6.07, 6.45) is 20.1. The molecule has 0 aliphatic carbocycles. The maximum Gasteiger partial charge on any atom is 0.227 e. The Balaban J connectivity index is 1.94. The molecule has 2 rings (SSSR count). The molecule has 2 fully saturated rings. The number of rotatable bonds is 8. The topological polar surface area (TPSA) is 23.6 Å². The highest BCUT2D eigenvalue weighted by Crippen LogP contribution is 2.32. The highest BCUT2D eigenvalue weighted by molar-refractivity contribution is 5.82. The Bertz CT molecular complexity index is 700. The minimum absolute atomic E-state index is 0.263. The Morgan fingerprint density at radius 1 is 1.11 bits per heavy atom. The molecule has 1 amide bonds. The van der Waals surface area contributed by atoms with Gasteiger partial charge in [-0.05, 0) is 43.8 Å². The molecule has 0 spiro atoms. The summed E-state index contributed by atoms with van der Waals surface area (Å²) in [4.78, 5) is 17.2. The summed E-state index contributed by atoms with van der Waals surface area (Å²) in [7, 11) is 0. The molecule has 2 aliphatic rings. The molecule has 0 aromatic heterocycles. The van der Waals surface area contributed by atoms with Crippen LogP contribution in [0.15, 0.2) is 85.2 Å². The predicted octanol–water partition coefficient (Wildman–Crippen LogP) is 5.33. The quantitative estimate of drug-likeness (QED) is 0.533. The van der Waals surface area contributed by atoms with E-state index in [1.54, 1.807) is 6.08 Å². The van der Waals surface area contributed by atoms with Gasteiger partial charge in [0, 0.05) is 37.8 Å². The van der Waals surface area contributed by atoms with Crippen LogP contribution in [-0.4, -0.2) is 41.4 Å². The molecule has 0 unspecified atom stereocenters. The molecule has 2 saturated heterocycles. The number of carbonyl (C=O) groups is 1. The van der Waals surface area contributed by atoms with Crippen LogP contribution in [0.3, 0.4) is 0 Å². The third-order valence-electron chi connectivity index (χ3n) is 5.52. The average molecular weight is 379 g/mol. The third kappa shape index (κ3) is 5.80. The van der Waals surface area contributed by atoms with Crippen LogP contribution in [0.5, 0.6) is 0 Å². The number of piperidine rings is 2. The van der Waals surface area contributed by atoms with E-state index in [2.05, 4.69) is 41.7 Å². The smallest absolute Gasteiger partial charge is 0.227 e. The number of likely N-dealkylation sites (tertiary alicyclic amines) is 2. The predicted molar refractivity (Wildman–Crippen MR) is 120 cm³/mol. The normalized spacial score (nSPS) is 23.0. The minimum atomic E-state index is 0.263. The molecule has 28 heavy (non-hydrogen) atoms. The molecular weight excluding hydrogens is 344 g/mol. The van der Waals surface area contributed by atoms with Crippen LogP contribution in [0, 0.1) is 0 Å². The van der Waals surface area contributed by atoms with Crippen molar-refractivity contribution in [2.45, 2.75) is 45.1 Å². The van der Waals surface area contributed by atoms with Crippen LogP contribution < -0.4 is 0 Å². The molecule has 0 N–H and O–H groups in total. The van der Waals surface area contributed by atoms with Crippen molar-refractivity contribution in [3.63, 3.8) is 0 Å². The van der Waals surface area contributed by atoms with Crippen LogP contribution in [0.2, 0.25) is 0 Å². The Hall–Kier alpha value is -2.39. The second-order valence-electron chi connectivity index (χ2n) is 7.25. The fourth-order valence-corrected chi connectivity index (χ4v) is 4.01. The van der Waals surface area contributed by atoms with E-state index in [9.17, 15) is 4.79 Å². The van der Waals surface area contributed by atoms with E-state index in [1.807, 2.05) is 37.3 Å². The van der Waals surface area contributed by atoms with Crippen molar-refractivity contribution < 1.29 is 4.79 Å². The lowest BCUT2D eigenvalue weighted by atomic mass is 9.93. The molecule has 0 radical (unpaired) electrons. The molecule has 3 nitrogen and oxygen atoms in total. The highest BCUT2D eigenvalue weighted by Gasteiger charge is 2.33. The summed E-state index contributed by atoms with van der Waals surface area (Å²) in [5.74, 6) is 0.263. The lowest BCUT2D eigenvalue weighted by molar-refractivity contribution is -0.132. The fourth-order valence-electron chi connectivity index (χ4n) is 4.01. The summed E-state index contributed by atoms with van der Waals surface area (Å²) in [6.45, 7) is 16.5. The van der Waals surface area contributed by atoms with Gasteiger partial charge in [0.1, 0.15) is 0 Å². The van der Waals surface area contributed by atoms with Crippen molar-refractivity contribution in [1.82, 2.24) is 9.80 Å². The first-order valence-electron chi connectivity index (χ1n) is 10.3. The van der Waals surface area contributed by atoms with Crippen molar-refractivity contribution in [2.24, 2.45) is 0 Å². The lowest BCUT2D eigenvalue weighted by Crippen LogP contribution is -2.48. The molecule has 3 heteroatoms. The van der Waals surface area contributed by atoms with E-state index in [4.69, 9.17) is 0 Å². The molecule has 150 valence electrons. The number of allylic oxidation sites excluding steroid dienone is 9. The summed E-state index contributed by atoms with van der Waals surface area (Å²) >= 11 is 0. The van der Waals surface area contributed by atoms with Gasteiger partial charge in [-0.25, -0.2) is 0 Å². The molecule has 2 aliphatic heterocycles. The van der Waals surface area contributed by atoms with Gasteiger partial charge in [0.25, 0.3) is 0 Å². The first-order chi connectivity index (χ1) is 13.6. The van der Waals surface area contributed by atoms with E-state index < -0.39 is 0 Å². The zero-order valence-corrected chi connectivity index (χ0v) is 17.3. The molecule has 0 aromatic rings. The molecule has 0 saturated carbocycles. The van der Waals surface area contributed by atoms with E-state index in [-0.39, 0.29) is 5.91 Å². The SMILES string of the molecule is C=C/C=C\C=C(/C=C)CCN1CCC(N2C(=O)CCC(=C/C=C)/C2=C\C)CC1. The summed E-state index contributed by atoms with van der Waals surface area (Å²) in [5, 5.41) is 0. The van der Waals surface area contributed by atoms with Gasteiger partial charge in [-0.15, -0.1) is 0 Å². The maximum atomic E-state index is 12.7. The molecule has 0 atom stereocenters. The molecule has 0 aromatic carbocycles. The second-order valence-corrected chi connectivity index (χ2v) is 7.25. The van der Waals surface area contributed by atoms with Crippen molar-refractivity contribution in [1.29, 1.82) is 0 Å². The number of carbonyl (C=O) groups excluding carboxylic acids is 1. The van der Waals surface area contributed by atoms with Crippen LogP contribution in [-0.2, 0) is 4.79 Å². The largest absolute Gasteiger partial charge is 0.309 e. The van der Waals surface area contributed by atoms with Crippen molar-refractivity contribution in [3.05, 3.63) is 85.2 Å². The second kappa shape index (κ2) is 11.5. The highest BCUT2D eigenvalue weighted by atomic mass is 16.2. The fraction of sp³-hybridized carbons (Fsp3) is 0.400. The van der Waals surface area contributed by atoms with Gasteiger partial charge in [0.15, 0.2) is 0 Å². The number of nitrogens with zero attached hydrogens (tertiary/aromatic N) is 2. The van der Waals surface area contributed by atoms with Crippen molar-refractivity contribution in [2.75, 3.05) is 19.6 Å². The van der Waals surface area contributed by atoms with Gasteiger partial charge in [-0.3, -0.25) is 4.79 Å². The van der Waals surface area contributed by atoms with Crippen LogP contribution >= 0.6 is 0 Å². The lowest BCUT2D eigenvalue weighted by Gasteiger charge is -2.42. The number of hydrogen-bond donors (Lipinski definition) is 0. The van der Waals surface area contributed by atoms with Crippen LogP contribution in [0.4, 0.5) is 0 Å². The van der Waals surface area contributed by atoms with E-state index >= 15 is 0 Å². The van der Waals surface area contributed by atoms with Crippen LogP contribution in [0.25, 0.3) is 0 Å². The van der Waals surface area contributed by atoms with Gasteiger partial charge >= 0.3 is 0 Å². The monoisotopic (exact) mass is 378 g/mol. The number of hydrogen-bond acceptors (Lipinski definition) is 2.